The van der Waals surface area contributed by atoms with E-state index in [0.29, 0.717) is 116 Å². The quantitative estimate of drug-likeness (QED) is 0.0367. The number of nitrogens with zero attached hydrogens (tertiary/aromatic N) is 4. The van der Waals surface area contributed by atoms with Gasteiger partial charge in [0.15, 0.2) is 0 Å². The van der Waals surface area contributed by atoms with Crippen LogP contribution in [0.1, 0.15) is 73.6 Å². The zero-order valence-electron chi connectivity index (χ0n) is 42.0. The van der Waals surface area contributed by atoms with Gasteiger partial charge in [0.2, 0.25) is 0 Å². The van der Waals surface area contributed by atoms with Crippen molar-refractivity contribution in [3.63, 3.8) is 0 Å². The van der Waals surface area contributed by atoms with Crippen molar-refractivity contribution in [3.05, 3.63) is 241 Å². The molecule has 5 aliphatic rings. The molecule has 0 saturated heterocycles. The van der Waals surface area contributed by atoms with Crippen LogP contribution in [0.15, 0.2) is 239 Å². The number of benzene rings is 4. The van der Waals surface area contributed by atoms with Crippen molar-refractivity contribution in [2.45, 2.75) is 51.4 Å². The fourth-order valence-corrected chi connectivity index (χ4v) is 8.77. The third kappa shape index (κ3) is 12.7. The molecule has 0 spiro atoms. The second-order valence-electron chi connectivity index (χ2n) is 17.6. The van der Waals surface area contributed by atoms with Crippen molar-refractivity contribution in [3.8, 4) is 23.0 Å². The summed E-state index contributed by atoms with van der Waals surface area (Å²) in [5.41, 5.74) is 7.57. The van der Waals surface area contributed by atoms with Crippen LogP contribution < -0.4 is 18.9 Å². The molecular weight excluding hydrogens is 1020 g/mol. The summed E-state index contributed by atoms with van der Waals surface area (Å²) < 4.78 is 24.9. The van der Waals surface area contributed by atoms with Gasteiger partial charge >= 0.3 is 23.9 Å². The second kappa shape index (κ2) is 25.4. The van der Waals surface area contributed by atoms with Crippen molar-refractivity contribution in [2.75, 3.05) is 0 Å². The molecule has 0 amide bonds. The van der Waals surface area contributed by atoms with Gasteiger partial charge < -0.3 is 18.9 Å². The third-order valence-electron chi connectivity index (χ3n) is 12.2. The summed E-state index contributed by atoms with van der Waals surface area (Å²) in [6.07, 6.45) is 23.4. The third-order valence-corrected chi connectivity index (χ3v) is 12.2. The molecule has 0 aliphatic carbocycles. The molecule has 4 aromatic rings. The SMILES string of the molecule is C=CCCC(=O)Oc1ccccc1C1=CC2=CC3=NC(=CC4=NC(=CC5=NC(=C(c6ccccc6OC(=O)CCC=C)C1=N2)C(c1ccccc1OC(=O)CCC=C)=C5c1ccccc1OC(=O)CCC=C)C=C4)C=C3.[Cu]. The topological polar surface area (TPSA) is 155 Å². The Bertz CT molecular complexity index is 3530. The predicted octanol–water partition coefficient (Wildman–Crippen LogP) is 13.2. The largest absolute Gasteiger partial charge is 0.426 e. The van der Waals surface area contributed by atoms with Crippen LogP contribution in [-0.2, 0) is 36.2 Å². The molecule has 0 saturated carbocycles. The standard InChI is InChI=1S/C64H52N4O8.Cu/c1-5-9-29-56(69)73-52-25-17-13-21-46(52)50-39-45-38-43-34-33-41(65-43)37-42-35-36-44(66-42)40-51-60(47-22-14-18-26-53(47)74-57(70)30-10-6-2)61(48-23-15-19-27-54(48)75-58(71)31-11-7-3)64(68-51)62(63(50)67-45)49-24-16-20-28-55(49)76-59(72)32-12-8-4;/h5-8,13-28,33-40H,1-4,9-12,29-32H2;. The molecular formula is C64H52CuN4O8. The van der Waals surface area contributed by atoms with Crippen LogP contribution in [0, 0.1) is 0 Å². The van der Waals surface area contributed by atoms with Crippen LogP contribution in [0.2, 0.25) is 0 Å². The molecule has 13 heteroatoms. The molecule has 5 aliphatic heterocycles. The van der Waals surface area contributed by atoms with Crippen LogP contribution in [0.3, 0.4) is 0 Å². The van der Waals surface area contributed by atoms with Crippen LogP contribution in [-0.4, -0.2) is 46.7 Å². The number of allylic oxidation sites excluding steroid dienone is 16. The van der Waals surface area contributed by atoms with Crippen LogP contribution in [0.4, 0.5) is 0 Å². The van der Waals surface area contributed by atoms with Crippen LogP contribution >= 0.6 is 0 Å². The fourth-order valence-electron chi connectivity index (χ4n) is 8.77. The predicted molar refractivity (Wildman–Crippen MR) is 300 cm³/mol. The minimum absolute atomic E-state index is 0. The molecule has 12 nitrogen and oxygen atoms in total. The minimum atomic E-state index is -0.509. The maximum atomic E-state index is 13.8. The number of carbonyl (C=O) groups is 4. The normalized spacial score (nSPS) is 14.9. The number of hydrogen-bond acceptors (Lipinski definition) is 12. The van der Waals surface area contributed by atoms with E-state index in [9.17, 15) is 19.2 Å². The summed E-state index contributed by atoms with van der Waals surface area (Å²) >= 11 is 0. The van der Waals surface area contributed by atoms with Crippen LogP contribution in [0.5, 0.6) is 23.0 Å². The average Bonchev–Trinajstić information content (AvgIpc) is 4.33. The summed E-state index contributed by atoms with van der Waals surface area (Å²) in [7, 11) is 0. The Balaban J connectivity index is 0.00000784. The molecule has 0 fully saturated rings. The molecule has 0 unspecified atom stereocenters. The van der Waals surface area contributed by atoms with Crippen molar-refractivity contribution >= 4 is 69.0 Å². The number of carbonyl (C=O) groups excluding carboxylic acids is 4. The zero-order valence-corrected chi connectivity index (χ0v) is 42.9. The average molecular weight is 1070 g/mol. The summed E-state index contributed by atoms with van der Waals surface area (Å²) in [6, 6.07) is 28.5. The maximum absolute atomic E-state index is 13.8. The van der Waals surface area contributed by atoms with E-state index in [0.717, 1.165) is 0 Å². The Kier molecular flexibility index (Phi) is 17.8. The monoisotopic (exact) mass is 1070 g/mol. The van der Waals surface area contributed by atoms with E-state index < -0.39 is 23.9 Å². The summed E-state index contributed by atoms with van der Waals surface area (Å²) in [6.45, 7) is 15.2. The molecule has 77 heavy (non-hydrogen) atoms. The van der Waals surface area contributed by atoms with Gasteiger partial charge in [0.1, 0.15) is 23.0 Å². The molecule has 387 valence electrons. The van der Waals surface area contributed by atoms with E-state index in [1.807, 2.05) is 97.1 Å². The number of aliphatic imine (C=N–C) groups is 4. The number of rotatable bonds is 20. The maximum Gasteiger partial charge on any atom is 0.311 e. The Hall–Kier alpha value is -9.16. The fraction of sp³-hybridized carbons (Fsp3) is 0.125. The van der Waals surface area contributed by atoms with Gasteiger partial charge in [-0.1, -0.05) is 97.1 Å². The smallest absolute Gasteiger partial charge is 0.311 e. The van der Waals surface area contributed by atoms with E-state index in [1.165, 1.54) is 0 Å². The number of ether oxygens (including phenoxy) is 4. The number of fused-ring (bicyclic) bond motifs is 4. The van der Waals surface area contributed by atoms with Crippen molar-refractivity contribution in [1.82, 2.24) is 0 Å². The van der Waals surface area contributed by atoms with Gasteiger partial charge in [-0.3, -0.25) is 19.2 Å². The zero-order chi connectivity index (χ0) is 53.0. The minimum Gasteiger partial charge on any atom is -0.426 e. The first-order valence-electron chi connectivity index (χ1n) is 24.9. The molecule has 0 aromatic heterocycles. The molecule has 9 rings (SSSR count). The second-order valence-corrected chi connectivity index (χ2v) is 17.6. The van der Waals surface area contributed by atoms with Crippen molar-refractivity contribution in [2.24, 2.45) is 20.0 Å². The Morgan fingerprint density at radius 2 is 0.779 bits per heavy atom. The Morgan fingerprint density at radius 3 is 1.23 bits per heavy atom. The van der Waals surface area contributed by atoms with Gasteiger partial charge in [0, 0.05) is 87.3 Å². The Morgan fingerprint density at radius 1 is 0.403 bits per heavy atom. The molecule has 0 N–H and O–H groups in total. The van der Waals surface area contributed by atoms with E-state index >= 15 is 0 Å². The van der Waals surface area contributed by atoms with Gasteiger partial charge in [0.25, 0.3) is 0 Å². The number of para-hydroxylation sites is 4. The number of hydrogen-bond donors (Lipinski definition) is 0. The van der Waals surface area contributed by atoms with E-state index in [4.69, 9.17) is 38.9 Å². The van der Waals surface area contributed by atoms with E-state index in [2.05, 4.69) is 26.3 Å². The van der Waals surface area contributed by atoms with Gasteiger partial charge in [-0.05, 0) is 98.6 Å². The molecule has 4 aromatic carbocycles. The Labute approximate surface area is 457 Å². The number of esters is 4. The van der Waals surface area contributed by atoms with Gasteiger partial charge in [-0.2, -0.15) is 0 Å². The van der Waals surface area contributed by atoms with E-state index in [-0.39, 0.29) is 65.8 Å². The van der Waals surface area contributed by atoms with Crippen molar-refractivity contribution < 1.29 is 55.2 Å². The van der Waals surface area contributed by atoms with Crippen molar-refractivity contribution in [1.29, 1.82) is 0 Å². The summed E-state index contributed by atoms with van der Waals surface area (Å²) in [5, 5.41) is 0. The molecule has 8 bridgehead atoms. The van der Waals surface area contributed by atoms with E-state index in [1.54, 1.807) is 72.8 Å². The molecule has 1 radical (unpaired) electrons. The van der Waals surface area contributed by atoms with Gasteiger partial charge in [0.05, 0.1) is 45.6 Å². The molecule has 0 atom stereocenters. The first-order valence-corrected chi connectivity index (χ1v) is 24.9. The van der Waals surface area contributed by atoms with Gasteiger partial charge in [-0.25, -0.2) is 20.0 Å². The molecule has 5 heterocycles. The first kappa shape index (κ1) is 54.1. The van der Waals surface area contributed by atoms with Gasteiger partial charge in [-0.15, -0.1) is 26.3 Å². The first-order chi connectivity index (χ1) is 37.1. The summed E-state index contributed by atoms with van der Waals surface area (Å²) in [5.74, 6) is -1.07. The van der Waals surface area contributed by atoms with Crippen LogP contribution in [0.25, 0.3) is 22.3 Å². The summed E-state index contributed by atoms with van der Waals surface area (Å²) in [4.78, 5) is 75.5.